The molecule has 8 nitrogen and oxygen atoms in total. The molecule has 2 aromatic rings. The summed E-state index contributed by atoms with van der Waals surface area (Å²) in [6.07, 6.45) is 5.47. The van der Waals surface area contributed by atoms with Gasteiger partial charge in [-0.2, -0.15) is 0 Å². The first-order valence-corrected chi connectivity index (χ1v) is 12.6. The molecule has 0 atom stereocenters. The summed E-state index contributed by atoms with van der Waals surface area (Å²) in [5.41, 5.74) is 0.654. The van der Waals surface area contributed by atoms with Crippen molar-refractivity contribution >= 4 is 46.3 Å². The lowest BCUT2D eigenvalue weighted by Gasteiger charge is -2.43. The highest BCUT2D eigenvalue weighted by atomic mass is 32.1. The molecule has 1 spiro atoms. The lowest BCUT2D eigenvalue weighted by atomic mass is 9.75. The van der Waals surface area contributed by atoms with Gasteiger partial charge in [0.05, 0.1) is 11.3 Å². The van der Waals surface area contributed by atoms with Gasteiger partial charge in [-0.3, -0.25) is 14.5 Å². The Morgan fingerprint density at radius 3 is 2.67 bits per heavy atom. The molecule has 2 amide bonds. The molecule has 1 aliphatic carbocycles. The number of anilines is 2. The van der Waals surface area contributed by atoms with Gasteiger partial charge in [0.1, 0.15) is 17.6 Å². The summed E-state index contributed by atoms with van der Waals surface area (Å²) in [7, 11) is 0. The second-order valence-corrected chi connectivity index (χ2v) is 10.0. The summed E-state index contributed by atoms with van der Waals surface area (Å²) < 4.78 is 15.2. The zero-order valence-corrected chi connectivity index (χ0v) is 20.8. The average molecular weight is 507 g/mol. The van der Waals surface area contributed by atoms with Crippen LogP contribution in [-0.2, 0) is 4.79 Å². The Bertz CT molecular complexity index is 1280. The fourth-order valence-electron chi connectivity index (χ4n) is 5.25. The number of carbonyl (C=O) groups is 2. The minimum absolute atomic E-state index is 0.0294. The van der Waals surface area contributed by atoms with Crippen LogP contribution >= 0.6 is 12.2 Å². The lowest BCUT2D eigenvalue weighted by molar-refractivity contribution is -0.123. The van der Waals surface area contributed by atoms with Crippen molar-refractivity contribution in [2.45, 2.75) is 44.6 Å². The van der Waals surface area contributed by atoms with Gasteiger partial charge in [-0.1, -0.05) is 6.57 Å². The first-order valence-electron chi connectivity index (χ1n) is 12.2. The Kier molecular flexibility index (Phi) is 6.45. The Labute approximate surface area is 214 Å². The maximum atomic E-state index is 15.2. The predicted molar refractivity (Wildman–Crippen MR) is 139 cm³/mol. The van der Waals surface area contributed by atoms with E-state index in [2.05, 4.69) is 20.5 Å². The van der Waals surface area contributed by atoms with Crippen LogP contribution < -0.4 is 20.4 Å². The molecule has 3 fully saturated rings. The maximum Gasteiger partial charge on any atom is 0.272 e. The lowest BCUT2D eigenvalue weighted by Crippen LogP contribution is -2.55. The van der Waals surface area contributed by atoms with Crippen LogP contribution in [0.5, 0.6) is 0 Å². The summed E-state index contributed by atoms with van der Waals surface area (Å²) in [5, 5.41) is 6.38. The fourth-order valence-corrected chi connectivity index (χ4v) is 5.71. The number of amides is 2. The minimum atomic E-state index is -0.880. The van der Waals surface area contributed by atoms with Crippen LogP contribution in [0.15, 0.2) is 30.5 Å². The van der Waals surface area contributed by atoms with E-state index in [0.717, 1.165) is 32.4 Å². The average Bonchev–Trinajstić information content (AvgIpc) is 3.09. The Morgan fingerprint density at radius 2 is 2.06 bits per heavy atom. The fraction of sp³-hybridized carbons (Fsp3) is 0.423. The van der Waals surface area contributed by atoms with Gasteiger partial charge in [0.15, 0.2) is 5.11 Å². The van der Waals surface area contributed by atoms with Crippen LogP contribution in [-0.4, -0.2) is 47.1 Å². The molecule has 3 aliphatic rings. The van der Waals surface area contributed by atoms with Gasteiger partial charge in [-0.05, 0) is 100 Å². The quantitative estimate of drug-likeness (QED) is 0.473. The molecule has 36 heavy (non-hydrogen) atoms. The highest BCUT2D eigenvalue weighted by molar-refractivity contribution is 7.81. The molecule has 0 radical (unpaired) electrons. The normalized spacial score (nSPS) is 19.4. The molecule has 0 bridgehead atoms. The Morgan fingerprint density at radius 1 is 1.31 bits per heavy atom. The van der Waals surface area contributed by atoms with E-state index in [1.165, 1.54) is 23.2 Å². The van der Waals surface area contributed by atoms with Crippen LogP contribution in [0.2, 0.25) is 0 Å². The van der Waals surface area contributed by atoms with Crippen molar-refractivity contribution in [1.29, 1.82) is 0 Å². The van der Waals surface area contributed by atoms with E-state index in [1.807, 2.05) is 0 Å². The van der Waals surface area contributed by atoms with Gasteiger partial charge in [0.25, 0.3) is 17.6 Å². The van der Waals surface area contributed by atoms with Crippen molar-refractivity contribution in [2.24, 2.45) is 5.92 Å². The van der Waals surface area contributed by atoms with Gasteiger partial charge in [-0.25, -0.2) is 4.39 Å². The number of pyridine rings is 1. The third-order valence-electron chi connectivity index (χ3n) is 7.46. The molecule has 10 heteroatoms. The summed E-state index contributed by atoms with van der Waals surface area (Å²) in [6.45, 7) is 11.3. The Hall–Kier alpha value is -3.42. The molecule has 2 saturated heterocycles. The van der Waals surface area contributed by atoms with Gasteiger partial charge in [0.2, 0.25) is 0 Å². The molecule has 0 unspecified atom stereocenters. The van der Waals surface area contributed by atoms with Crippen molar-refractivity contribution < 1.29 is 14.0 Å². The number of aryl methyl sites for hydroxylation is 1. The minimum Gasteiger partial charge on any atom is -0.360 e. The van der Waals surface area contributed by atoms with E-state index >= 15 is 4.39 Å². The van der Waals surface area contributed by atoms with Crippen molar-refractivity contribution in [3.63, 3.8) is 0 Å². The SMILES string of the molecule is [C-]#[N+]c1ncc(N2C(=O)C3(CCC3)N(c3ccc(C(=O)NCC4CCNCC4)c(F)c3)C2=S)cc1C. The van der Waals surface area contributed by atoms with Crippen LogP contribution in [0, 0.1) is 25.2 Å². The van der Waals surface area contributed by atoms with E-state index in [9.17, 15) is 9.59 Å². The second-order valence-electron chi connectivity index (χ2n) is 9.66. The smallest absolute Gasteiger partial charge is 0.272 e. The highest BCUT2D eigenvalue weighted by Gasteiger charge is 2.59. The molecule has 3 heterocycles. The third-order valence-corrected chi connectivity index (χ3v) is 7.82. The number of halogens is 1. The standard InChI is InChI=1S/C26H27FN6O2S/c1-16-12-19(15-30-22(16)28-2)32-24(35)26(8-3-9-26)33(25(32)36)18-4-5-20(21(27)13-18)23(34)31-14-17-6-10-29-11-7-17/h4-5,12-13,15,17,29H,3,6-11,14H2,1H3,(H,31,34). The molecular weight excluding hydrogens is 479 g/mol. The third kappa shape index (κ3) is 4.02. The van der Waals surface area contributed by atoms with Crippen LogP contribution in [0.3, 0.4) is 0 Å². The Balaban J connectivity index is 1.40. The maximum absolute atomic E-state index is 15.2. The first kappa shape index (κ1) is 24.3. The van der Waals surface area contributed by atoms with E-state index < -0.39 is 17.3 Å². The molecule has 2 N–H and O–H groups in total. The van der Waals surface area contributed by atoms with Crippen LogP contribution in [0.25, 0.3) is 4.85 Å². The zero-order valence-electron chi connectivity index (χ0n) is 20.0. The van der Waals surface area contributed by atoms with E-state index in [4.69, 9.17) is 18.8 Å². The van der Waals surface area contributed by atoms with E-state index in [0.29, 0.717) is 42.2 Å². The van der Waals surface area contributed by atoms with Crippen molar-refractivity contribution in [3.8, 4) is 0 Å². The second kappa shape index (κ2) is 9.56. The van der Waals surface area contributed by atoms with Crippen molar-refractivity contribution in [3.05, 3.63) is 58.8 Å². The van der Waals surface area contributed by atoms with Gasteiger partial charge in [-0.15, -0.1) is 4.98 Å². The van der Waals surface area contributed by atoms with Gasteiger partial charge in [0, 0.05) is 12.2 Å². The van der Waals surface area contributed by atoms with E-state index in [1.54, 1.807) is 24.0 Å². The van der Waals surface area contributed by atoms with Crippen LogP contribution in [0.4, 0.5) is 21.6 Å². The number of aromatic nitrogens is 1. The summed E-state index contributed by atoms with van der Waals surface area (Å²) in [4.78, 5) is 37.0. The first-order chi connectivity index (χ1) is 17.4. The molecule has 1 saturated carbocycles. The van der Waals surface area contributed by atoms with Crippen LogP contribution in [0.1, 0.15) is 48.0 Å². The summed E-state index contributed by atoms with van der Waals surface area (Å²) in [6, 6.07) is 6.11. The molecule has 186 valence electrons. The molecule has 1 aromatic carbocycles. The predicted octanol–water partition coefficient (Wildman–Crippen LogP) is 3.87. The number of carbonyl (C=O) groups excluding carboxylic acids is 2. The van der Waals surface area contributed by atoms with Gasteiger partial charge >= 0.3 is 0 Å². The largest absolute Gasteiger partial charge is 0.360 e. The number of hydrogen-bond acceptors (Lipinski definition) is 5. The number of thiocarbonyl (C=S) groups is 1. The number of nitrogens with one attached hydrogen (secondary N) is 2. The summed E-state index contributed by atoms with van der Waals surface area (Å²) >= 11 is 5.73. The number of piperidine rings is 1. The molecule has 2 aliphatic heterocycles. The highest BCUT2D eigenvalue weighted by Crippen LogP contribution is 2.48. The van der Waals surface area contributed by atoms with Gasteiger partial charge < -0.3 is 20.4 Å². The molecule has 1 aromatic heterocycles. The number of hydrogen-bond donors (Lipinski definition) is 2. The summed E-state index contributed by atoms with van der Waals surface area (Å²) in [5.74, 6) is -0.629. The molecular formula is C26H27FN6O2S. The monoisotopic (exact) mass is 506 g/mol. The van der Waals surface area contributed by atoms with E-state index in [-0.39, 0.29) is 22.4 Å². The number of nitrogens with zero attached hydrogens (tertiary/aromatic N) is 4. The topological polar surface area (TPSA) is 81.9 Å². The van der Waals surface area contributed by atoms with Crippen molar-refractivity contribution in [2.75, 3.05) is 29.4 Å². The zero-order chi connectivity index (χ0) is 25.4. The molecule has 5 rings (SSSR count). The number of rotatable bonds is 5. The van der Waals surface area contributed by atoms with Crippen molar-refractivity contribution in [1.82, 2.24) is 15.6 Å². The number of benzene rings is 1.